The molecule has 1 unspecified atom stereocenters. The van der Waals surface area contributed by atoms with Crippen LogP contribution in [0.15, 0.2) is 0 Å². The number of hydrogen-bond acceptors (Lipinski definition) is 3. The predicted octanol–water partition coefficient (Wildman–Crippen LogP) is 1.74. The van der Waals surface area contributed by atoms with Gasteiger partial charge in [0.05, 0.1) is 6.54 Å². The fourth-order valence-corrected chi connectivity index (χ4v) is 2.95. The lowest BCUT2D eigenvalue weighted by atomic mass is 10.1. The topological polar surface area (TPSA) is 35.6 Å². The highest BCUT2D eigenvalue weighted by Gasteiger charge is 2.33. The molecule has 0 spiro atoms. The van der Waals surface area contributed by atoms with E-state index in [9.17, 15) is 4.79 Å². The lowest BCUT2D eigenvalue weighted by molar-refractivity contribution is -0.133. The van der Waals surface area contributed by atoms with Crippen molar-refractivity contribution in [2.45, 2.75) is 51.6 Å². The van der Waals surface area contributed by atoms with Crippen LogP contribution in [0.3, 0.4) is 0 Å². The van der Waals surface area contributed by atoms with Crippen molar-refractivity contribution in [2.24, 2.45) is 5.92 Å². The van der Waals surface area contributed by atoms with Gasteiger partial charge >= 0.3 is 0 Å². The van der Waals surface area contributed by atoms with Gasteiger partial charge in [-0.1, -0.05) is 13.8 Å². The highest BCUT2D eigenvalue weighted by molar-refractivity contribution is 5.85. The fraction of sp³-hybridized carbons (Fsp3) is 0.933. The van der Waals surface area contributed by atoms with Crippen molar-refractivity contribution in [3.05, 3.63) is 0 Å². The van der Waals surface area contributed by atoms with Gasteiger partial charge in [-0.15, -0.1) is 12.4 Å². The Kier molecular flexibility index (Phi) is 7.27. The maximum absolute atomic E-state index is 12.5. The molecule has 118 valence electrons. The number of rotatable bonds is 6. The molecule has 4 nitrogen and oxygen atoms in total. The summed E-state index contributed by atoms with van der Waals surface area (Å²) in [6, 6.07) is 1.10. The number of hydrogen-bond donors (Lipinski definition) is 1. The van der Waals surface area contributed by atoms with Gasteiger partial charge in [-0.3, -0.25) is 9.69 Å². The molecule has 2 aliphatic rings. The third-order valence-electron chi connectivity index (χ3n) is 4.14. The van der Waals surface area contributed by atoms with E-state index in [0.717, 1.165) is 19.6 Å². The van der Waals surface area contributed by atoms with Crippen LogP contribution in [0.5, 0.6) is 0 Å². The first-order valence-electron chi connectivity index (χ1n) is 7.79. The van der Waals surface area contributed by atoms with Gasteiger partial charge < -0.3 is 10.2 Å². The molecule has 1 aliphatic heterocycles. The van der Waals surface area contributed by atoms with Crippen LogP contribution in [-0.4, -0.2) is 61.0 Å². The Hall–Kier alpha value is -0.320. The van der Waals surface area contributed by atoms with Gasteiger partial charge in [0.1, 0.15) is 0 Å². The molecule has 1 heterocycles. The number of likely N-dealkylation sites (tertiary alicyclic amines) is 1. The molecule has 0 bridgehead atoms. The van der Waals surface area contributed by atoms with Gasteiger partial charge in [0, 0.05) is 25.2 Å². The molecule has 0 radical (unpaired) electrons. The molecule has 1 atom stereocenters. The van der Waals surface area contributed by atoms with Crippen molar-refractivity contribution >= 4 is 18.3 Å². The van der Waals surface area contributed by atoms with Crippen molar-refractivity contribution in [3.8, 4) is 0 Å². The van der Waals surface area contributed by atoms with Crippen molar-refractivity contribution in [3.63, 3.8) is 0 Å². The summed E-state index contributed by atoms with van der Waals surface area (Å²) in [7, 11) is 2.02. The molecule has 20 heavy (non-hydrogen) atoms. The first-order valence-corrected chi connectivity index (χ1v) is 7.79. The van der Waals surface area contributed by atoms with E-state index in [2.05, 4.69) is 29.0 Å². The number of carbonyl (C=O) groups excluding carboxylic acids is 1. The third kappa shape index (κ3) is 5.23. The minimum Gasteiger partial charge on any atom is -0.338 e. The molecule has 1 saturated heterocycles. The zero-order valence-corrected chi connectivity index (χ0v) is 13.9. The molecule has 0 aromatic rings. The summed E-state index contributed by atoms with van der Waals surface area (Å²) in [6.07, 6.45) is 4.85. The molecule has 0 aromatic carbocycles. The summed E-state index contributed by atoms with van der Waals surface area (Å²) in [5.74, 6) is 0.906. The summed E-state index contributed by atoms with van der Waals surface area (Å²) in [4.78, 5) is 16.9. The van der Waals surface area contributed by atoms with Gasteiger partial charge in [-0.05, 0) is 45.2 Å². The normalized spacial score (nSPS) is 23.5. The predicted molar refractivity (Wildman–Crippen MR) is 85.3 cm³/mol. The molecular formula is C15H30ClN3O. The second-order valence-corrected chi connectivity index (χ2v) is 6.53. The number of nitrogens with zero attached hydrogens (tertiary/aromatic N) is 2. The molecule has 2 fully saturated rings. The highest BCUT2D eigenvalue weighted by atomic mass is 35.5. The first kappa shape index (κ1) is 17.7. The number of carbonyl (C=O) groups is 1. The quantitative estimate of drug-likeness (QED) is 0.812. The van der Waals surface area contributed by atoms with Gasteiger partial charge in [0.25, 0.3) is 0 Å². The number of piperidine rings is 1. The second kappa shape index (κ2) is 8.20. The van der Waals surface area contributed by atoms with Gasteiger partial charge in [-0.25, -0.2) is 0 Å². The van der Waals surface area contributed by atoms with Crippen LogP contribution in [0.25, 0.3) is 0 Å². The van der Waals surface area contributed by atoms with Crippen LogP contribution in [-0.2, 0) is 4.79 Å². The van der Waals surface area contributed by atoms with Crippen LogP contribution in [0, 0.1) is 5.92 Å². The maximum atomic E-state index is 12.5. The highest BCUT2D eigenvalue weighted by Crippen LogP contribution is 2.28. The molecule has 1 amide bonds. The van der Waals surface area contributed by atoms with Crippen molar-refractivity contribution < 1.29 is 4.79 Å². The molecule has 5 heteroatoms. The molecule has 1 saturated carbocycles. The van der Waals surface area contributed by atoms with Gasteiger partial charge in [0.2, 0.25) is 5.91 Å². The number of nitrogens with one attached hydrogen (secondary N) is 1. The lowest BCUT2D eigenvalue weighted by Crippen LogP contribution is -2.49. The Morgan fingerprint density at radius 1 is 1.35 bits per heavy atom. The first-order chi connectivity index (χ1) is 9.10. The van der Waals surface area contributed by atoms with E-state index in [1.165, 1.54) is 25.7 Å². The van der Waals surface area contributed by atoms with Crippen molar-refractivity contribution in [1.29, 1.82) is 0 Å². The lowest BCUT2D eigenvalue weighted by Gasteiger charge is -2.34. The van der Waals surface area contributed by atoms with E-state index in [1.807, 2.05) is 7.05 Å². The standard InChI is InChI=1S/C15H29N3O.ClH/c1-12(2)9-18(14-6-7-14)15(19)11-17-8-4-5-13(10-17)16-3;/h12-14,16H,4-11H2,1-3H3;1H. The van der Waals surface area contributed by atoms with Gasteiger partial charge in [0.15, 0.2) is 0 Å². The summed E-state index contributed by atoms with van der Waals surface area (Å²) in [6.45, 7) is 8.02. The van der Waals surface area contributed by atoms with E-state index in [1.54, 1.807) is 0 Å². The molecule has 2 rings (SSSR count). The average Bonchev–Trinajstić information content (AvgIpc) is 3.20. The summed E-state index contributed by atoms with van der Waals surface area (Å²) in [5, 5.41) is 3.34. The SMILES string of the molecule is CNC1CCCN(CC(=O)N(CC(C)C)C2CC2)C1.Cl. The van der Waals surface area contributed by atoms with Crippen LogP contribution in [0.1, 0.15) is 39.5 Å². The van der Waals surface area contributed by atoms with Crippen molar-refractivity contribution in [2.75, 3.05) is 33.2 Å². The Bertz CT molecular complexity index is 307. The fourth-order valence-electron chi connectivity index (χ4n) is 2.95. The Morgan fingerprint density at radius 3 is 2.60 bits per heavy atom. The molecule has 1 aliphatic carbocycles. The van der Waals surface area contributed by atoms with E-state index in [-0.39, 0.29) is 12.4 Å². The Balaban J connectivity index is 0.00000200. The summed E-state index contributed by atoms with van der Waals surface area (Å²) >= 11 is 0. The molecular weight excluding hydrogens is 274 g/mol. The second-order valence-electron chi connectivity index (χ2n) is 6.53. The largest absolute Gasteiger partial charge is 0.338 e. The maximum Gasteiger partial charge on any atom is 0.237 e. The zero-order valence-electron chi connectivity index (χ0n) is 13.1. The average molecular weight is 304 g/mol. The van der Waals surface area contributed by atoms with Crippen LogP contribution < -0.4 is 5.32 Å². The van der Waals surface area contributed by atoms with E-state index >= 15 is 0 Å². The van der Waals surface area contributed by atoms with Crippen LogP contribution in [0.4, 0.5) is 0 Å². The monoisotopic (exact) mass is 303 g/mol. The third-order valence-corrected chi connectivity index (χ3v) is 4.14. The van der Waals surface area contributed by atoms with Crippen LogP contribution >= 0.6 is 12.4 Å². The van der Waals surface area contributed by atoms with Gasteiger partial charge in [-0.2, -0.15) is 0 Å². The summed E-state index contributed by atoms with van der Waals surface area (Å²) < 4.78 is 0. The van der Waals surface area contributed by atoms with Crippen molar-refractivity contribution in [1.82, 2.24) is 15.1 Å². The number of amides is 1. The van der Waals surface area contributed by atoms with E-state index in [0.29, 0.717) is 30.5 Å². The summed E-state index contributed by atoms with van der Waals surface area (Å²) in [5.41, 5.74) is 0. The minimum atomic E-state index is 0. The Labute approximate surface area is 129 Å². The smallest absolute Gasteiger partial charge is 0.237 e. The number of likely N-dealkylation sites (N-methyl/N-ethyl adjacent to an activating group) is 1. The zero-order chi connectivity index (χ0) is 13.8. The molecule has 1 N–H and O–H groups in total. The van der Waals surface area contributed by atoms with E-state index in [4.69, 9.17) is 0 Å². The van der Waals surface area contributed by atoms with E-state index < -0.39 is 0 Å². The number of halogens is 1. The van der Waals surface area contributed by atoms with Crippen LogP contribution in [0.2, 0.25) is 0 Å². The molecule has 0 aromatic heterocycles. The Morgan fingerprint density at radius 2 is 2.05 bits per heavy atom. The minimum absolute atomic E-state index is 0.